The lowest BCUT2D eigenvalue weighted by molar-refractivity contribution is 0.0949. The van der Waals surface area contributed by atoms with E-state index < -0.39 is 0 Å². The van der Waals surface area contributed by atoms with E-state index in [2.05, 4.69) is 32.3 Å². The van der Waals surface area contributed by atoms with Gasteiger partial charge in [0.05, 0.1) is 25.5 Å². The van der Waals surface area contributed by atoms with Gasteiger partial charge in [-0.15, -0.1) is 0 Å². The van der Waals surface area contributed by atoms with Crippen molar-refractivity contribution in [1.29, 1.82) is 0 Å². The van der Waals surface area contributed by atoms with Crippen molar-refractivity contribution in [2.24, 2.45) is 0 Å². The Morgan fingerprint density at radius 3 is 2.48 bits per heavy atom. The zero-order valence-corrected chi connectivity index (χ0v) is 19.4. The minimum absolute atomic E-state index is 0.173. The summed E-state index contributed by atoms with van der Waals surface area (Å²) >= 11 is 0. The first-order valence-electron chi connectivity index (χ1n) is 11.2. The second-order valence-corrected chi connectivity index (χ2v) is 8.33. The lowest BCUT2D eigenvalue weighted by Gasteiger charge is -2.16. The summed E-state index contributed by atoms with van der Waals surface area (Å²) in [5.41, 5.74) is 3.41. The summed E-state index contributed by atoms with van der Waals surface area (Å²) in [6, 6.07) is 15.8. The molecule has 1 aromatic heterocycles. The predicted molar refractivity (Wildman–Crippen MR) is 127 cm³/mol. The number of nitrogens with one attached hydrogen (secondary N) is 1. The molecule has 1 aliphatic rings. The summed E-state index contributed by atoms with van der Waals surface area (Å²) in [5, 5.41) is 2.95. The van der Waals surface area contributed by atoms with Crippen molar-refractivity contribution in [3.63, 3.8) is 0 Å². The van der Waals surface area contributed by atoms with Crippen LogP contribution in [0.1, 0.15) is 45.3 Å². The zero-order chi connectivity index (χ0) is 23.2. The number of benzene rings is 2. The van der Waals surface area contributed by atoms with Crippen LogP contribution >= 0.6 is 0 Å². The second kappa shape index (κ2) is 10.4. The van der Waals surface area contributed by atoms with Crippen molar-refractivity contribution < 1.29 is 14.3 Å². The smallest absolute Gasteiger partial charge is 0.254 e. The normalized spacial score (nSPS) is 15.9. The van der Waals surface area contributed by atoms with Gasteiger partial charge in [0.25, 0.3) is 5.91 Å². The molecule has 7 heteroatoms. The molecule has 0 saturated carbocycles. The van der Waals surface area contributed by atoms with E-state index in [0.717, 1.165) is 48.9 Å². The van der Waals surface area contributed by atoms with Crippen LogP contribution in [0.15, 0.2) is 54.7 Å². The van der Waals surface area contributed by atoms with Gasteiger partial charge in [-0.3, -0.25) is 9.69 Å². The molecule has 1 atom stereocenters. The van der Waals surface area contributed by atoms with Gasteiger partial charge in [-0.25, -0.2) is 9.97 Å². The topological polar surface area (TPSA) is 76.6 Å². The van der Waals surface area contributed by atoms with Crippen molar-refractivity contribution in [3.05, 3.63) is 82.9 Å². The Hall–Kier alpha value is -3.45. The van der Waals surface area contributed by atoms with Crippen LogP contribution in [-0.2, 0) is 13.1 Å². The van der Waals surface area contributed by atoms with E-state index in [0.29, 0.717) is 17.8 Å². The van der Waals surface area contributed by atoms with Gasteiger partial charge in [0, 0.05) is 31.7 Å². The molecule has 1 aliphatic heterocycles. The molecule has 0 spiro atoms. The summed E-state index contributed by atoms with van der Waals surface area (Å²) in [4.78, 5) is 24.3. The summed E-state index contributed by atoms with van der Waals surface area (Å²) in [6.07, 6.45) is 2.66. The Morgan fingerprint density at radius 1 is 1.09 bits per heavy atom. The average Bonchev–Trinajstić information content (AvgIpc) is 3.31. The van der Waals surface area contributed by atoms with Crippen LogP contribution < -0.4 is 14.8 Å². The molecule has 0 aliphatic carbocycles. The van der Waals surface area contributed by atoms with Gasteiger partial charge in [-0.2, -0.15) is 0 Å². The maximum absolute atomic E-state index is 12.7. The second-order valence-electron chi connectivity index (χ2n) is 8.33. The first-order valence-corrected chi connectivity index (χ1v) is 11.2. The molecule has 33 heavy (non-hydrogen) atoms. The van der Waals surface area contributed by atoms with Gasteiger partial charge in [0.1, 0.15) is 17.3 Å². The third-order valence-corrected chi connectivity index (χ3v) is 6.01. The summed E-state index contributed by atoms with van der Waals surface area (Å²) in [5.74, 6) is 2.55. The quantitative estimate of drug-likeness (QED) is 0.568. The van der Waals surface area contributed by atoms with Gasteiger partial charge in [0.2, 0.25) is 0 Å². The molecule has 1 amide bonds. The molecule has 3 aromatic rings. The largest absolute Gasteiger partial charge is 0.497 e. The number of rotatable bonds is 8. The fourth-order valence-electron chi connectivity index (χ4n) is 4.18. The summed E-state index contributed by atoms with van der Waals surface area (Å²) < 4.78 is 10.6. The molecule has 1 saturated heterocycles. The molecule has 0 bridgehead atoms. The SMILES string of the molecule is COc1cccc(CNC(=O)c2cnc(C3CCN(Cc4cccc(OC)c4)C3)nc2C)c1. The van der Waals surface area contributed by atoms with Gasteiger partial charge in [-0.05, 0) is 55.3 Å². The first kappa shape index (κ1) is 22.7. The van der Waals surface area contributed by atoms with Gasteiger partial charge < -0.3 is 14.8 Å². The Bertz CT molecular complexity index is 1120. The number of hydrogen-bond donors (Lipinski definition) is 1. The standard InChI is InChI=1S/C26H30N4O3/c1-18-24(26(31)28-14-19-6-4-8-22(12-19)32-2)15-27-25(29-18)21-10-11-30(17-21)16-20-7-5-9-23(13-20)33-3/h4-9,12-13,15,21H,10-11,14,16-17H2,1-3H3,(H,28,31). The van der Waals surface area contributed by atoms with E-state index in [1.165, 1.54) is 5.56 Å². The Morgan fingerprint density at radius 2 is 1.79 bits per heavy atom. The number of carbonyl (C=O) groups is 1. The molecule has 1 N–H and O–H groups in total. The van der Waals surface area contributed by atoms with Gasteiger partial charge in [-0.1, -0.05) is 24.3 Å². The molecule has 172 valence electrons. The van der Waals surface area contributed by atoms with Crippen molar-refractivity contribution in [1.82, 2.24) is 20.2 Å². The fourth-order valence-corrected chi connectivity index (χ4v) is 4.18. The molecule has 0 radical (unpaired) electrons. The third-order valence-electron chi connectivity index (χ3n) is 6.01. The highest BCUT2D eigenvalue weighted by Crippen LogP contribution is 2.27. The summed E-state index contributed by atoms with van der Waals surface area (Å²) in [6.45, 7) is 5.05. The highest BCUT2D eigenvalue weighted by molar-refractivity contribution is 5.94. The number of hydrogen-bond acceptors (Lipinski definition) is 6. The number of likely N-dealkylation sites (tertiary alicyclic amines) is 1. The number of ether oxygens (including phenoxy) is 2. The van der Waals surface area contributed by atoms with Crippen molar-refractivity contribution in [3.8, 4) is 11.5 Å². The number of aromatic nitrogens is 2. The number of aryl methyl sites for hydroxylation is 1. The van der Waals surface area contributed by atoms with E-state index in [-0.39, 0.29) is 11.8 Å². The van der Waals surface area contributed by atoms with Crippen molar-refractivity contribution >= 4 is 5.91 Å². The number of nitrogens with zero attached hydrogens (tertiary/aromatic N) is 3. The van der Waals surface area contributed by atoms with E-state index in [1.807, 2.05) is 43.3 Å². The lowest BCUT2D eigenvalue weighted by Crippen LogP contribution is -2.25. The summed E-state index contributed by atoms with van der Waals surface area (Å²) in [7, 11) is 3.32. The first-order chi connectivity index (χ1) is 16.1. The van der Waals surface area contributed by atoms with Crippen LogP contribution in [0.3, 0.4) is 0 Å². The van der Waals surface area contributed by atoms with Crippen LogP contribution in [0, 0.1) is 6.92 Å². The van der Waals surface area contributed by atoms with E-state index in [1.54, 1.807) is 20.4 Å². The molecule has 4 rings (SSSR count). The highest BCUT2D eigenvalue weighted by atomic mass is 16.5. The van der Waals surface area contributed by atoms with E-state index in [4.69, 9.17) is 9.47 Å². The highest BCUT2D eigenvalue weighted by Gasteiger charge is 2.27. The van der Waals surface area contributed by atoms with Gasteiger partial charge >= 0.3 is 0 Å². The number of amides is 1. The molecular formula is C26H30N4O3. The minimum Gasteiger partial charge on any atom is -0.497 e. The van der Waals surface area contributed by atoms with E-state index in [9.17, 15) is 4.79 Å². The van der Waals surface area contributed by atoms with Gasteiger partial charge in [0.15, 0.2) is 0 Å². The predicted octanol–water partition coefficient (Wildman–Crippen LogP) is 3.72. The van der Waals surface area contributed by atoms with Crippen LogP contribution in [0.25, 0.3) is 0 Å². The van der Waals surface area contributed by atoms with E-state index >= 15 is 0 Å². The molecule has 2 aromatic carbocycles. The Balaban J connectivity index is 1.35. The molecule has 2 heterocycles. The zero-order valence-electron chi connectivity index (χ0n) is 19.4. The maximum atomic E-state index is 12.7. The average molecular weight is 447 g/mol. The Labute approximate surface area is 194 Å². The molecule has 7 nitrogen and oxygen atoms in total. The monoisotopic (exact) mass is 446 g/mol. The molecule has 1 unspecified atom stereocenters. The van der Waals surface area contributed by atoms with Crippen LogP contribution in [0.2, 0.25) is 0 Å². The van der Waals surface area contributed by atoms with Crippen molar-refractivity contribution in [2.75, 3.05) is 27.3 Å². The molecular weight excluding hydrogens is 416 g/mol. The molecule has 1 fully saturated rings. The van der Waals surface area contributed by atoms with Crippen LogP contribution in [-0.4, -0.2) is 48.1 Å². The van der Waals surface area contributed by atoms with Crippen LogP contribution in [0.4, 0.5) is 0 Å². The Kier molecular flexibility index (Phi) is 7.19. The minimum atomic E-state index is -0.173. The maximum Gasteiger partial charge on any atom is 0.254 e. The lowest BCUT2D eigenvalue weighted by atomic mass is 10.1. The van der Waals surface area contributed by atoms with Crippen molar-refractivity contribution in [2.45, 2.75) is 32.4 Å². The third kappa shape index (κ3) is 5.68. The number of carbonyl (C=O) groups excluding carboxylic acids is 1. The van der Waals surface area contributed by atoms with Crippen LogP contribution in [0.5, 0.6) is 11.5 Å². The fraction of sp³-hybridized carbons (Fsp3) is 0.346. The number of methoxy groups -OCH3 is 2.